The molecule has 0 aliphatic heterocycles. The molecular weight excluding hydrogens is 312 g/mol. The second kappa shape index (κ2) is 6.94. The Balaban J connectivity index is 2.78. The molecule has 1 aromatic rings. The van der Waals surface area contributed by atoms with Crippen molar-refractivity contribution < 1.29 is 14.3 Å². The summed E-state index contributed by atoms with van der Waals surface area (Å²) in [6, 6.07) is 4.74. The number of carbonyl (C=O) groups is 2. The Morgan fingerprint density at radius 2 is 2.16 bits per heavy atom. The molecular formula is C13H15BrN2O3. The molecule has 6 heteroatoms. The summed E-state index contributed by atoms with van der Waals surface area (Å²) >= 11 is 3.34. The summed E-state index contributed by atoms with van der Waals surface area (Å²) in [4.78, 5) is 22.4. The van der Waals surface area contributed by atoms with Crippen molar-refractivity contribution in [2.45, 2.75) is 13.0 Å². The first-order chi connectivity index (χ1) is 8.93. The van der Waals surface area contributed by atoms with Gasteiger partial charge in [-0.3, -0.25) is 9.59 Å². The van der Waals surface area contributed by atoms with E-state index in [-0.39, 0.29) is 0 Å². The first-order valence-electron chi connectivity index (χ1n) is 5.55. The molecule has 0 heterocycles. The van der Waals surface area contributed by atoms with E-state index in [1.165, 1.54) is 13.0 Å². The third kappa shape index (κ3) is 4.75. The van der Waals surface area contributed by atoms with Gasteiger partial charge in [-0.2, -0.15) is 0 Å². The third-order valence-corrected chi connectivity index (χ3v) is 2.88. The molecule has 1 unspecified atom stereocenters. The monoisotopic (exact) mass is 326 g/mol. The number of halogens is 1. The molecule has 1 aromatic carbocycles. The van der Waals surface area contributed by atoms with Gasteiger partial charge >= 0.3 is 0 Å². The van der Waals surface area contributed by atoms with Crippen molar-refractivity contribution in [3.05, 3.63) is 34.3 Å². The fraction of sp³-hybridized carbons (Fsp3) is 0.231. The average Bonchev–Trinajstić information content (AvgIpc) is 2.36. The van der Waals surface area contributed by atoms with Gasteiger partial charge in [-0.25, -0.2) is 0 Å². The Bertz CT molecular complexity index is 515. The summed E-state index contributed by atoms with van der Waals surface area (Å²) < 4.78 is 6.05. The number of primary amides is 1. The van der Waals surface area contributed by atoms with Gasteiger partial charge in [0.25, 0.3) is 0 Å². The van der Waals surface area contributed by atoms with Gasteiger partial charge in [0.2, 0.25) is 11.8 Å². The number of ether oxygens (including phenoxy) is 1. The lowest BCUT2D eigenvalue weighted by Crippen LogP contribution is -2.41. The highest BCUT2D eigenvalue weighted by Gasteiger charge is 2.09. The van der Waals surface area contributed by atoms with E-state index in [1.807, 2.05) is 12.1 Å². The normalized spacial score (nSPS) is 12.2. The van der Waals surface area contributed by atoms with Crippen LogP contribution in [0.2, 0.25) is 0 Å². The predicted octanol–water partition coefficient (Wildman–Crippen LogP) is 1.46. The van der Waals surface area contributed by atoms with Crippen molar-refractivity contribution in [3.63, 3.8) is 0 Å². The van der Waals surface area contributed by atoms with Crippen molar-refractivity contribution in [1.82, 2.24) is 5.32 Å². The maximum Gasteiger partial charge on any atom is 0.244 e. The Morgan fingerprint density at radius 1 is 1.47 bits per heavy atom. The van der Waals surface area contributed by atoms with Crippen LogP contribution in [0.1, 0.15) is 12.5 Å². The van der Waals surface area contributed by atoms with Gasteiger partial charge in [-0.05, 0) is 31.2 Å². The highest BCUT2D eigenvalue weighted by Crippen LogP contribution is 2.23. The van der Waals surface area contributed by atoms with Gasteiger partial charge in [0.15, 0.2) is 0 Å². The van der Waals surface area contributed by atoms with E-state index in [0.717, 1.165) is 10.0 Å². The lowest BCUT2D eigenvalue weighted by molar-refractivity contribution is -0.124. The van der Waals surface area contributed by atoms with Crippen molar-refractivity contribution in [1.29, 1.82) is 0 Å². The van der Waals surface area contributed by atoms with Crippen LogP contribution >= 0.6 is 15.9 Å². The number of benzene rings is 1. The Labute approximate surface area is 119 Å². The summed E-state index contributed by atoms with van der Waals surface area (Å²) in [6.45, 7) is 1.52. The van der Waals surface area contributed by atoms with E-state index in [4.69, 9.17) is 10.5 Å². The summed E-state index contributed by atoms with van der Waals surface area (Å²) in [7, 11) is 1.55. The molecule has 0 bridgehead atoms. The minimum atomic E-state index is -0.707. The van der Waals surface area contributed by atoms with E-state index in [1.54, 1.807) is 19.3 Å². The molecule has 3 N–H and O–H groups in total. The zero-order valence-electron chi connectivity index (χ0n) is 10.6. The number of amides is 2. The lowest BCUT2D eigenvalue weighted by atomic mass is 10.2. The van der Waals surface area contributed by atoms with Gasteiger partial charge in [0.1, 0.15) is 11.8 Å². The molecule has 0 saturated carbocycles. The van der Waals surface area contributed by atoms with E-state index in [0.29, 0.717) is 5.75 Å². The second-order valence-electron chi connectivity index (χ2n) is 3.85. The Morgan fingerprint density at radius 3 is 2.74 bits per heavy atom. The number of hydrogen-bond acceptors (Lipinski definition) is 3. The fourth-order valence-corrected chi connectivity index (χ4v) is 1.71. The average molecular weight is 327 g/mol. The second-order valence-corrected chi connectivity index (χ2v) is 4.77. The van der Waals surface area contributed by atoms with Crippen LogP contribution < -0.4 is 15.8 Å². The quantitative estimate of drug-likeness (QED) is 0.804. The third-order valence-electron chi connectivity index (χ3n) is 2.39. The molecule has 1 atom stereocenters. The van der Waals surface area contributed by atoms with Crippen molar-refractivity contribution in [2.24, 2.45) is 5.73 Å². The molecule has 2 amide bonds. The summed E-state index contributed by atoms with van der Waals surface area (Å²) in [5.74, 6) is -0.328. The smallest absolute Gasteiger partial charge is 0.244 e. The first-order valence-corrected chi connectivity index (χ1v) is 6.34. The standard InChI is InChI=1S/C13H15BrN2O3/c1-8(13(15)18)16-12(17)6-3-9-7-10(14)4-5-11(9)19-2/h3-8H,1-2H3,(H2,15,18)(H,16,17)/b6-3+. The van der Waals surface area contributed by atoms with Crippen LogP contribution in [-0.4, -0.2) is 25.0 Å². The Kier molecular flexibility index (Phi) is 5.57. The van der Waals surface area contributed by atoms with Gasteiger partial charge in [-0.15, -0.1) is 0 Å². The molecule has 102 valence electrons. The molecule has 0 aliphatic rings. The van der Waals surface area contributed by atoms with Gasteiger partial charge in [-0.1, -0.05) is 15.9 Å². The number of nitrogens with one attached hydrogen (secondary N) is 1. The fourth-order valence-electron chi connectivity index (χ4n) is 1.33. The topological polar surface area (TPSA) is 81.4 Å². The summed E-state index contributed by atoms with van der Waals surface area (Å²) in [6.07, 6.45) is 2.93. The zero-order valence-corrected chi connectivity index (χ0v) is 12.2. The van der Waals surface area contributed by atoms with Crippen LogP contribution in [0.15, 0.2) is 28.7 Å². The predicted molar refractivity (Wildman–Crippen MR) is 76.5 cm³/mol. The largest absolute Gasteiger partial charge is 0.496 e. The minimum Gasteiger partial charge on any atom is -0.496 e. The van der Waals surface area contributed by atoms with Crippen LogP contribution in [-0.2, 0) is 9.59 Å². The van der Waals surface area contributed by atoms with Gasteiger partial charge in [0.05, 0.1) is 7.11 Å². The van der Waals surface area contributed by atoms with E-state index < -0.39 is 17.9 Å². The van der Waals surface area contributed by atoms with Crippen LogP contribution in [0.5, 0.6) is 5.75 Å². The molecule has 0 aromatic heterocycles. The van der Waals surface area contributed by atoms with Crippen LogP contribution in [0, 0.1) is 0 Å². The molecule has 5 nitrogen and oxygen atoms in total. The summed E-state index contributed by atoms with van der Waals surface area (Å²) in [5.41, 5.74) is 5.80. The number of hydrogen-bond donors (Lipinski definition) is 2. The number of carbonyl (C=O) groups excluding carboxylic acids is 2. The lowest BCUT2D eigenvalue weighted by Gasteiger charge is -2.08. The number of rotatable bonds is 5. The zero-order chi connectivity index (χ0) is 14.4. The molecule has 0 fully saturated rings. The van der Waals surface area contributed by atoms with Crippen molar-refractivity contribution >= 4 is 33.8 Å². The van der Waals surface area contributed by atoms with Crippen LogP contribution in [0.3, 0.4) is 0 Å². The number of nitrogens with two attached hydrogens (primary N) is 1. The van der Waals surface area contributed by atoms with E-state index in [2.05, 4.69) is 21.2 Å². The van der Waals surface area contributed by atoms with Crippen molar-refractivity contribution in [3.8, 4) is 5.75 Å². The van der Waals surface area contributed by atoms with Crippen LogP contribution in [0.4, 0.5) is 0 Å². The molecule has 0 spiro atoms. The highest BCUT2D eigenvalue weighted by molar-refractivity contribution is 9.10. The minimum absolute atomic E-state index is 0.395. The molecule has 0 radical (unpaired) electrons. The molecule has 0 aliphatic carbocycles. The molecule has 19 heavy (non-hydrogen) atoms. The first kappa shape index (κ1) is 15.2. The SMILES string of the molecule is COc1ccc(Br)cc1/C=C/C(=O)NC(C)C(N)=O. The highest BCUT2D eigenvalue weighted by atomic mass is 79.9. The van der Waals surface area contributed by atoms with Gasteiger partial charge in [0, 0.05) is 16.1 Å². The Hall–Kier alpha value is -1.82. The maximum absolute atomic E-state index is 11.6. The molecule has 0 saturated heterocycles. The molecule has 1 rings (SSSR count). The summed E-state index contributed by atoms with van der Waals surface area (Å²) in [5, 5.41) is 2.45. The van der Waals surface area contributed by atoms with E-state index >= 15 is 0 Å². The van der Waals surface area contributed by atoms with Gasteiger partial charge < -0.3 is 15.8 Å². The maximum atomic E-state index is 11.6. The number of methoxy groups -OCH3 is 1. The van der Waals surface area contributed by atoms with E-state index in [9.17, 15) is 9.59 Å². The van der Waals surface area contributed by atoms with Crippen LogP contribution in [0.25, 0.3) is 6.08 Å². The van der Waals surface area contributed by atoms with Crippen molar-refractivity contribution in [2.75, 3.05) is 7.11 Å².